The maximum absolute atomic E-state index is 11.6. The van der Waals surface area contributed by atoms with Gasteiger partial charge in [0.2, 0.25) is 0 Å². The fourth-order valence-corrected chi connectivity index (χ4v) is 4.85. The smallest absolute Gasteiger partial charge is 0.166 e. The molecule has 1 fully saturated rings. The van der Waals surface area contributed by atoms with E-state index in [0.29, 0.717) is 6.04 Å². The van der Waals surface area contributed by atoms with Crippen molar-refractivity contribution in [3.63, 3.8) is 0 Å². The minimum atomic E-state index is -0.208. The van der Waals surface area contributed by atoms with Crippen LogP contribution in [-0.4, -0.2) is 32.1 Å². The monoisotopic (exact) mass is 295 g/mol. The van der Waals surface area contributed by atoms with Gasteiger partial charge < -0.3 is 14.8 Å². The SMILES string of the molecule is COc1ccc2c3c1OC1C(C=O)=CC=C4[C@H](C2)NCC[C@@]431. The first-order chi connectivity index (χ1) is 10.8. The van der Waals surface area contributed by atoms with Crippen molar-refractivity contribution in [1.29, 1.82) is 0 Å². The fourth-order valence-electron chi connectivity index (χ4n) is 4.85. The zero-order chi connectivity index (χ0) is 14.9. The van der Waals surface area contributed by atoms with Crippen molar-refractivity contribution in [2.75, 3.05) is 13.7 Å². The molecule has 2 aliphatic heterocycles. The van der Waals surface area contributed by atoms with Crippen LogP contribution in [0.2, 0.25) is 0 Å². The number of allylic oxidation sites excluding steroid dienone is 2. The summed E-state index contributed by atoms with van der Waals surface area (Å²) in [5, 5.41) is 3.62. The molecule has 2 aliphatic carbocycles. The van der Waals surface area contributed by atoms with Crippen molar-refractivity contribution in [1.82, 2.24) is 5.32 Å². The molecule has 4 aliphatic rings. The van der Waals surface area contributed by atoms with Crippen molar-refractivity contribution in [2.45, 2.75) is 30.4 Å². The highest BCUT2D eigenvalue weighted by molar-refractivity contribution is 5.81. The standard InChI is InChI=1S/C18H17NO3/c1-21-14-5-3-10-8-13-12-4-2-11(9-20)17-18(12,6-7-19-13)15(10)16(14)22-17/h2-5,9,13,17,19H,6-8H2,1H3/t13-,17?,18+/m0/s1. The lowest BCUT2D eigenvalue weighted by Gasteiger charge is -2.49. The number of aldehydes is 1. The first kappa shape index (κ1) is 12.5. The van der Waals surface area contributed by atoms with Crippen molar-refractivity contribution >= 4 is 6.29 Å². The summed E-state index contributed by atoms with van der Waals surface area (Å²) >= 11 is 0. The molecular weight excluding hydrogens is 278 g/mol. The van der Waals surface area contributed by atoms with E-state index in [9.17, 15) is 4.79 Å². The maximum Gasteiger partial charge on any atom is 0.166 e. The van der Waals surface area contributed by atoms with Crippen molar-refractivity contribution < 1.29 is 14.3 Å². The number of benzene rings is 1. The molecule has 0 aromatic heterocycles. The molecule has 4 nitrogen and oxygen atoms in total. The van der Waals surface area contributed by atoms with Crippen LogP contribution >= 0.6 is 0 Å². The number of methoxy groups -OCH3 is 1. The Morgan fingerprint density at radius 3 is 3.14 bits per heavy atom. The topological polar surface area (TPSA) is 47.6 Å². The van der Waals surface area contributed by atoms with Gasteiger partial charge in [0.05, 0.1) is 12.5 Å². The summed E-state index contributed by atoms with van der Waals surface area (Å²) in [5.74, 6) is 1.61. The molecule has 0 saturated carbocycles. The molecule has 0 amide bonds. The van der Waals surface area contributed by atoms with Crippen LogP contribution < -0.4 is 14.8 Å². The Kier molecular flexibility index (Phi) is 2.28. The molecule has 22 heavy (non-hydrogen) atoms. The average molecular weight is 295 g/mol. The maximum atomic E-state index is 11.6. The number of piperidine rings is 1. The van der Waals surface area contributed by atoms with E-state index in [0.717, 1.165) is 42.7 Å². The third-order valence-corrected chi connectivity index (χ3v) is 5.68. The number of hydrogen-bond donors (Lipinski definition) is 1. The summed E-state index contributed by atoms with van der Waals surface area (Å²) in [4.78, 5) is 11.6. The summed E-state index contributed by atoms with van der Waals surface area (Å²) in [6.07, 6.45) is 6.72. The van der Waals surface area contributed by atoms with E-state index in [4.69, 9.17) is 9.47 Å². The highest BCUT2D eigenvalue weighted by Crippen LogP contribution is 2.61. The molecule has 0 radical (unpaired) electrons. The van der Waals surface area contributed by atoms with Crippen LogP contribution in [-0.2, 0) is 16.6 Å². The number of carbonyl (C=O) groups is 1. The zero-order valence-electron chi connectivity index (χ0n) is 12.4. The number of hydrogen-bond acceptors (Lipinski definition) is 4. The predicted octanol–water partition coefficient (Wildman–Crippen LogP) is 1.68. The molecule has 1 spiro atoms. The normalized spacial score (nSPS) is 33.3. The van der Waals surface area contributed by atoms with Gasteiger partial charge in [0.1, 0.15) is 12.4 Å². The second-order valence-electron chi connectivity index (χ2n) is 6.47. The highest BCUT2D eigenvalue weighted by Gasteiger charge is 2.60. The molecule has 1 aromatic carbocycles. The third kappa shape index (κ3) is 1.22. The molecule has 2 bridgehead atoms. The first-order valence-electron chi connectivity index (χ1n) is 7.77. The Bertz CT molecular complexity index is 764. The minimum absolute atomic E-state index is 0.182. The second-order valence-corrected chi connectivity index (χ2v) is 6.47. The van der Waals surface area contributed by atoms with Gasteiger partial charge in [0.15, 0.2) is 11.5 Å². The van der Waals surface area contributed by atoms with Crippen LogP contribution in [0.3, 0.4) is 0 Å². The molecule has 1 unspecified atom stereocenters. The first-order valence-corrected chi connectivity index (χ1v) is 7.77. The van der Waals surface area contributed by atoms with E-state index in [1.54, 1.807) is 7.11 Å². The highest BCUT2D eigenvalue weighted by atomic mass is 16.5. The summed E-state index contributed by atoms with van der Waals surface area (Å²) in [5.41, 5.74) is 4.50. The van der Waals surface area contributed by atoms with E-state index in [-0.39, 0.29) is 11.5 Å². The van der Waals surface area contributed by atoms with Gasteiger partial charge >= 0.3 is 0 Å². The summed E-state index contributed by atoms with van der Waals surface area (Å²) in [7, 11) is 1.67. The summed E-state index contributed by atoms with van der Waals surface area (Å²) in [6.45, 7) is 0.949. The molecule has 112 valence electrons. The third-order valence-electron chi connectivity index (χ3n) is 5.68. The van der Waals surface area contributed by atoms with Gasteiger partial charge in [-0.1, -0.05) is 18.2 Å². The van der Waals surface area contributed by atoms with Crippen LogP contribution in [0, 0.1) is 0 Å². The number of ether oxygens (including phenoxy) is 2. The van der Waals surface area contributed by atoms with Crippen LogP contribution in [0.15, 0.2) is 35.4 Å². The molecule has 5 rings (SSSR count). The molecular formula is C18H17NO3. The zero-order valence-corrected chi connectivity index (χ0v) is 12.4. The van der Waals surface area contributed by atoms with Gasteiger partial charge in [0, 0.05) is 17.2 Å². The molecule has 3 atom stereocenters. The van der Waals surface area contributed by atoms with Crippen molar-refractivity contribution in [3.05, 3.63) is 46.6 Å². The van der Waals surface area contributed by atoms with E-state index >= 15 is 0 Å². The molecule has 1 saturated heterocycles. The average Bonchev–Trinajstić information content (AvgIpc) is 2.88. The largest absolute Gasteiger partial charge is 0.493 e. The lowest BCUT2D eigenvalue weighted by atomic mass is 9.57. The van der Waals surface area contributed by atoms with E-state index < -0.39 is 0 Å². The van der Waals surface area contributed by atoms with Crippen LogP contribution in [0.5, 0.6) is 11.5 Å². The minimum Gasteiger partial charge on any atom is -0.493 e. The van der Waals surface area contributed by atoms with Gasteiger partial charge in [-0.15, -0.1) is 0 Å². The van der Waals surface area contributed by atoms with Crippen molar-refractivity contribution in [2.24, 2.45) is 0 Å². The molecule has 2 heterocycles. The Hall–Kier alpha value is -2.07. The van der Waals surface area contributed by atoms with Crippen molar-refractivity contribution in [3.8, 4) is 11.5 Å². The van der Waals surface area contributed by atoms with Crippen LogP contribution in [0.4, 0.5) is 0 Å². The van der Waals surface area contributed by atoms with E-state index in [1.807, 2.05) is 12.1 Å². The van der Waals surface area contributed by atoms with Crippen LogP contribution in [0.25, 0.3) is 0 Å². The fraction of sp³-hybridized carbons (Fsp3) is 0.389. The number of nitrogens with one attached hydrogen (secondary N) is 1. The Balaban J connectivity index is 1.87. The second kappa shape index (κ2) is 4.02. The van der Waals surface area contributed by atoms with Crippen LogP contribution in [0.1, 0.15) is 17.5 Å². The van der Waals surface area contributed by atoms with Gasteiger partial charge in [-0.2, -0.15) is 0 Å². The number of carbonyl (C=O) groups excluding carboxylic acids is 1. The summed E-state index contributed by atoms with van der Waals surface area (Å²) < 4.78 is 11.8. The Labute approximate surface area is 128 Å². The Morgan fingerprint density at radius 2 is 2.32 bits per heavy atom. The molecule has 1 N–H and O–H groups in total. The van der Waals surface area contributed by atoms with Gasteiger partial charge in [-0.25, -0.2) is 0 Å². The van der Waals surface area contributed by atoms with Gasteiger partial charge in [-0.05, 0) is 36.6 Å². The van der Waals surface area contributed by atoms with E-state index in [1.165, 1.54) is 16.7 Å². The van der Waals surface area contributed by atoms with Gasteiger partial charge in [0.25, 0.3) is 0 Å². The van der Waals surface area contributed by atoms with E-state index in [2.05, 4.69) is 17.5 Å². The number of rotatable bonds is 2. The Morgan fingerprint density at radius 1 is 1.41 bits per heavy atom. The summed E-state index contributed by atoms with van der Waals surface area (Å²) in [6, 6.07) is 4.48. The molecule has 4 heteroatoms. The molecule has 1 aromatic rings. The lowest BCUT2D eigenvalue weighted by molar-refractivity contribution is -0.105. The quantitative estimate of drug-likeness (QED) is 0.843. The lowest BCUT2D eigenvalue weighted by Crippen LogP contribution is -2.58. The van der Waals surface area contributed by atoms with Gasteiger partial charge in [-0.3, -0.25) is 4.79 Å². The predicted molar refractivity (Wildman–Crippen MR) is 81.4 cm³/mol.